The number of hydrazine groups is 1. The number of thioether (sulfide) groups is 1. The van der Waals surface area contributed by atoms with Crippen molar-refractivity contribution in [1.82, 2.24) is 10.0 Å². The van der Waals surface area contributed by atoms with Crippen molar-refractivity contribution in [2.75, 3.05) is 31.4 Å². The van der Waals surface area contributed by atoms with Gasteiger partial charge < -0.3 is 0 Å². The molecule has 0 radical (unpaired) electrons. The van der Waals surface area contributed by atoms with Crippen molar-refractivity contribution in [2.45, 2.75) is 31.2 Å². The van der Waals surface area contributed by atoms with E-state index in [4.69, 9.17) is 0 Å². The number of rotatable bonds is 5. The Balaban J connectivity index is 2.06. The van der Waals surface area contributed by atoms with E-state index in [2.05, 4.69) is 18.2 Å². The summed E-state index contributed by atoms with van der Waals surface area (Å²) in [5.41, 5.74) is 2.31. The van der Waals surface area contributed by atoms with Gasteiger partial charge in [0.1, 0.15) is 0 Å². The van der Waals surface area contributed by atoms with Gasteiger partial charge >= 0.3 is 0 Å². The second-order valence-electron chi connectivity index (χ2n) is 6.20. The molecule has 1 aromatic carbocycles. The van der Waals surface area contributed by atoms with E-state index >= 15 is 0 Å². The number of aryl methyl sites for hydroxylation is 2. The van der Waals surface area contributed by atoms with Gasteiger partial charge in [0.25, 0.3) is 0 Å². The second kappa shape index (κ2) is 7.23. The summed E-state index contributed by atoms with van der Waals surface area (Å²) in [7, 11) is 0.552. The minimum absolute atomic E-state index is 0.0528. The largest absolute Gasteiger partial charge is 0.272 e. The number of carbonyl (C=O) groups is 1. The van der Waals surface area contributed by atoms with Gasteiger partial charge in [0, 0.05) is 19.0 Å². The minimum atomic E-state index is -3.01. The molecule has 1 aliphatic rings. The smallest absolute Gasteiger partial charge is 0.247 e. The van der Waals surface area contributed by atoms with Gasteiger partial charge in [-0.25, -0.2) is 13.4 Å². The molecule has 5 nitrogen and oxygen atoms in total. The molecule has 0 aliphatic carbocycles. The maximum Gasteiger partial charge on any atom is 0.247 e. The van der Waals surface area contributed by atoms with Crippen LogP contribution in [0, 0.1) is 13.8 Å². The number of hydrogen-bond donors (Lipinski definition) is 0. The van der Waals surface area contributed by atoms with Gasteiger partial charge in [-0.2, -0.15) is 0 Å². The number of benzene rings is 1. The van der Waals surface area contributed by atoms with Crippen molar-refractivity contribution in [3.05, 3.63) is 29.3 Å². The van der Waals surface area contributed by atoms with Crippen LogP contribution < -0.4 is 0 Å². The molecule has 0 bridgehead atoms. The first-order valence-corrected chi connectivity index (χ1v) is 10.4. The molecule has 1 aliphatic heterocycles. The maximum absolute atomic E-state index is 12.6. The van der Waals surface area contributed by atoms with Crippen molar-refractivity contribution in [1.29, 1.82) is 0 Å². The zero-order valence-corrected chi connectivity index (χ0v) is 15.7. The first kappa shape index (κ1) is 18.3. The molecule has 1 atom stereocenters. The Morgan fingerprint density at radius 2 is 2.00 bits per heavy atom. The lowest BCUT2D eigenvalue weighted by Gasteiger charge is -2.33. The lowest BCUT2D eigenvalue weighted by atomic mass is 10.2. The SMILES string of the molecule is Cc1ccc(C)c(SCC(=O)N(C2CCS(=O)(=O)C2)N(C)C)c1. The zero-order chi connectivity index (χ0) is 17.2. The number of sulfone groups is 1. The highest BCUT2D eigenvalue weighted by molar-refractivity contribution is 8.00. The van der Waals surface area contributed by atoms with Crippen molar-refractivity contribution >= 4 is 27.5 Å². The van der Waals surface area contributed by atoms with Crippen LogP contribution in [0.5, 0.6) is 0 Å². The van der Waals surface area contributed by atoms with Crippen molar-refractivity contribution < 1.29 is 13.2 Å². The lowest BCUT2D eigenvalue weighted by Crippen LogP contribution is -2.50. The third-order valence-corrected chi connectivity index (χ3v) is 6.83. The molecule has 23 heavy (non-hydrogen) atoms. The fourth-order valence-corrected chi connectivity index (χ4v) is 5.46. The van der Waals surface area contributed by atoms with Crippen LogP contribution in [-0.4, -0.2) is 61.7 Å². The van der Waals surface area contributed by atoms with Crippen LogP contribution in [0.1, 0.15) is 17.5 Å². The molecular formula is C16H24N2O3S2. The van der Waals surface area contributed by atoms with Gasteiger partial charge in [-0.15, -0.1) is 11.8 Å². The molecule has 1 fully saturated rings. The lowest BCUT2D eigenvalue weighted by molar-refractivity contribution is -0.145. The fraction of sp³-hybridized carbons (Fsp3) is 0.562. The van der Waals surface area contributed by atoms with E-state index in [0.29, 0.717) is 12.2 Å². The predicted molar refractivity (Wildman–Crippen MR) is 94.2 cm³/mol. The molecule has 128 valence electrons. The van der Waals surface area contributed by atoms with Crippen molar-refractivity contribution in [2.24, 2.45) is 0 Å². The highest BCUT2D eigenvalue weighted by Crippen LogP contribution is 2.25. The Kier molecular flexibility index (Phi) is 5.75. The van der Waals surface area contributed by atoms with Crippen LogP contribution in [0.25, 0.3) is 0 Å². The number of amides is 1. The van der Waals surface area contributed by atoms with Crippen LogP contribution in [0.2, 0.25) is 0 Å². The molecular weight excluding hydrogens is 332 g/mol. The van der Waals surface area contributed by atoms with Gasteiger partial charge in [0.2, 0.25) is 5.91 Å². The third kappa shape index (κ3) is 4.71. The quantitative estimate of drug-likeness (QED) is 0.596. The number of nitrogens with zero attached hydrogens (tertiary/aromatic N) is 2. The molecule has 1 aromatic rings. The highest BCUT2D eigenvalue weighted by atomic mass is 32.2. The molecule has 2 rings (SSSR count). The Labute approximate surface area is 142 Å². The van der Waals surface area contributed by atoms with Gasteiger partial charge in [0.15, 0.2) is 9.84 Å². The molecule has 0 aromatic heterocycles. The molecule has 0 spiro atoms. The van der Waals surface area contributed by atoms with E-state index in [9.17, 15) is 13.2 Å². The van der Waals surface area contributed by atoms with Crippen LogP contribution in [0.4, 0.5) is 0 Å². The standard InChI is InChI=1S/C16H24N2O3S2/c1-12-5-6-13(2)15(9-12)22-10-16(19)18(17(3)4)14-7-8-23(20,21)11-14/h5-6,9,14H,7-8,10-11H2,1-4H3. The van der Waals surface area contributed by atoms with E-state index in [0.717, 1.165) is 16.0 Å². The van der Waals surface area contributed by atoms with Gasteiger partial charge in [-0.3, -0.25) is 9.80 Å². The van der Waals surface area contributed by atoms with Gasteiger partial charge in [0.05, 0.1) is 23.3 Å². The molecule has 0 saturated carbocycles. The van der Waals surface area contributed by atoms with E-state index in [-0.39, 0.29) is 23.5 Å². The predicted octanol–water partition coefficient (Wildman–Crippen LogP) is 1.89. The number of carbonyl (C=O) groups excluding carboxylic acids is 1. The van der Waals surface area contributed by atoms with Gasteiger partial charge in [-0.05, 0) is 31.9 Å². The summed E-state index contributed by atoms with van der Waals surface area (Å²) in [4.78, 5) is 13.7. The summed E-state index contributed by atoms with van der Waals surface area (Å²) in [6.07, 6.45) is 0.514. The number of hydrogen-bond acceptors (Lipinski definition) is 5. The van der Waals surface area contributed by atoms with Crippen LogP contribution >= 0.6 is 11.8 Å². The van der Waals surface area contributed by atoms with Crippen LogP contribution in [0.15, 0.2) is 23.1 Å². The van der Waals surface area contributed by atoms with E-state index in [1.807, 2.05) is 13.8 Å². The first-order chi connectivity index (χ1) is 10.7. The monoisotopic (exact) mass is 356 g/mol. The minimum Gasteiger partial charge on any atom is -0.272 e. The van der Waals surface area contributed by atoms with E-state index < -0.39 is 9.84 Å². The summed E-state index contributed by atoms with van der Waals surface area (Å²) >= 11 is 1.51. The normalized spacial score (nSPS) is 20.0. The van der Waals surface area contributed by atoms with Crippen LogP contribution in [0.3, 0.4) is 0 Å². The summed E-state index contributed by atoms with van der Waals surface area (Å²) in [6.45, 7) is 4.06. The Morgan fingerprint density at radius 3 is 2.57 bits per heavy atom. The van der Waals surface area contributed by atoms with Gasteiger partial charge in [-0.1, -0.05) is 17.7 Å². The first-order valence-electron chi connectivity index (χ1n) is 7.59. The topological polar surface area (TPSA) is 57.7 Å². The average molecular weight is 357 g/mol. The Morgan fingerprint density at radius 1 is 1.30 bits per heavy atom. The maximum atomic E-state index is 12.6. The summed E-state index contributed by atoms with van der Waals surface area (Å²) in [5, 5.41) is 3.31. The molecule has 1 unspecified atom stereocenters. The molecule has 1 heterocycles. The third-order valence-electron chi connectivity index (χ3n) is 3.94. The molecule has 1 saturated heterocycles. The summed E-state index contributed by atoms with van der Waals surface area (Å²) < 4.78 is 23.4. The van der Waals surface area contributed by atoms with Crippen molar-refractivity contribution in [3.8, 4) is 0 Å². The van der Waals surface area contributed by atoms with E-state index in [1.165, 1.54) is 11.8 Å². The molecule has 0 N–H and O–H groups in total. The summed E-state index contributed by atoms with van der Waals surface area (Å²) in [5.74, 6) is 0.478. The van der Waals surface area contributed by atoms with Crippen LogP contribution in [-0.2, 0) is 14.6 Å². The second-order valence-corrected chi connectivity index (χ2v) is 9.45. The fourth-order valence-electron chi connectivity index (χ4n) is 2.79. The highest BCUT2D eigenvalue weighted by Gasteiger charge is 2.35. The molecule has 7 heteroatoms. The summed E-state index contributed by atoms with van der Waals surface area (Å²) in [6, 6.07) is 5.93. The Bertz CT molecular complexity index is 687. The van der Waals surface area contributed by atoms with E-state index in [1.54, 1.807) is 24.1 Å². The average Bonchev–Trinajstić information content (AvgIpc) is 2.79. The Hall–Kier alpha value is -1.05. The zero-order valence-electron chi connectivity index (χ0n) is 14.1. The molecule has 1 amide bonds. The van der Waals surface area contributed by atoms with Crippen molar-refractivity contribution in [3.63, 3.8) is 0 Å².